The third-order valence-corrected chi connectivity index (χ3v) is 17.2. The van der Waals surface area contributed by atoms with E-state index in [9.17, 15) is 42.1 Å². The smallest absolute Gasteiger partial charge is 0.378 e. The Balaban J connectivity index is 0.000000170. The monoisotopic (exact) mass is 1380 g/mol. The van der Waals surface area contributed by atoms with Crippen LogP contribution in [0.15, 0.2) is 164 Å². The number of nitrogens with one attached hydrogen (secondary N) is 8. The standard InChI is InChI=1S/C21H28N4O.C19H18F3N3O3.C17H24N6O.C16H24N4O2/c1-18-7-5-6-8-19(18)17-25-15-13-24(14-16-25)12-11-22-21(26)23-20-9-3-2-4-10-20;20-19(21,22)14-2-1-3-16(12-14)24-18(27)23-15-6-4-13(5-7-15)17(26)25-8-10-28-11-9-25;1-2-23-13-18-16(21-23)20-17(24)19-15-8-10-22(11-9-15)12-14-6-4-3-5-7-14;1-3-10-20-11-8-14(9-12-20)18-16(21)17-13-4-6-15(7-5-13)19(2)22/h2-10H,11-17H2,1H3,(H2,22,23,26);1-7,12H,8-11H2,(H2,23,24,27);3-7,13,15H,2,8-12H2,1H3,(H2,19,20,21,24);4-7,14H,3,8-12H2,1-2H3,(H-,17,18,21,22)/p+1. The second kappa shape index (κ2) is 39.7. The summed E-state index contributed by atoms with van der Waals surface area (Å²) >= 11 is 0. The molecule has 4 aliphatic heterocycles. The van der Waals surface area contributed by atoms with Gasteiger partial charge in [-0.25, -0.2) is 24.2 Å². The molecular weight excluding hydrogens is 1280 g/mol. The number of halogens is 3. The largest absolute Gasteiger partial charge is 0.416 e. The molecule has 534 valence electrons. The number of piperidine rings is 2. The molecule has 5 heterocycles. The van der Waals surface area contributed by atoms with E-state index in [1.807, 2.05) is 43.3 Å². The van der Waals surface area contributed by atoms with Gasteiger partial charge in [-0.05, 0) is 136 Å². The van der Waals surface area contributed by atoms with Gasteiger partial charge in [-0.2, -0.15) is 13.2 Å². The summed E-state index contributed by atoms with van der Waals surface area (Å²) in [4.78, 5) is 87.0. The van der Waals surface area contributed by atoms with Crippen molar-refractivity contribution in [3.63, 3.8) is 0 Å². The summed E-state index contributed by atoms with van der Waals surface area (Å²) in [6.07, 6.45) is 2.19. The molecule has 4 fully saturated rings. The summed E-state index contributed by atoms with van der Waals surface area (Å²) in [5, 5.41) is 26.3. The molecule has 0 saturated carbocycles. The number of nitrogens with zero attached hydrogens (tertiary/aromatic N) is 9. The number of hydrogen-bond donors (Lipinski definition) is 8. The molecule has 0 spiro atoms. The van der Waals surface area contributed by atoms with Crippen LogP contribution in [0, 0.1) is 11.8 Å². The molecule has 6 aromatic carbocycles. The van der Waals surface area contributed by atoms with E-state index in [0.717, 1.165) is 133 Å². The summed E-state index contributed by atoms with van der Waals surface area (Å²) in [5.74, 6) is 0.221. The van der Waals surface area contributed by atoms with E-state index < -0.39 is 17.8 Å². The van der Waals surface area contributed by atoms with Crippen molar-refractivity contribution in [3.8, 4) is 0 Å². The molecule has 0 aliphatic carbocycles. The molecule has 0 radical (unpaired) electrons. The zero-order chi connectivity index (χ0) is 71.1. The number of para-hydroxylation sites is 1. The van der Waals surface area contributed by atoms with Crippen LogP contribution in [0.1, 0.15) is 78.6 Å². The lowest BCUT2D eigenvalue weighted by Gasteiger charge is -2.35. The van der Waals surface area contributed by atoms with Gasteiger partial charge in [-0.15, -0.1) is 5.10 Å². The first-order chi connectivity index (χ1) is 48.3. The average molecular weight is 1380 g/mol. The molecule has 0 unspecified atom stereocenters. The highest BCUT2D eigenvalue weighted by atomic mass is 19.4. The molecule has 4 aliphatic rings. The Bertz CT molecular complexity index is 3650. The van der Waals surface area contributed by atoms with Crippen molar-refractivity contribution >= 4 is 64.4 Å². The first kappa shape index (κ1) is 76.0. The van der Waals surface area contributed by atoms with Gasteiger partial charge in [0.05, 0.1) is 18.8 Å². The Morgan fingerprint density at radius 1 is 0.550 bits per heavy atom. The molecular formula is C73H95F3N17O7+. The van der Waals surface area contributed by atoms with Gasteiger partial charge < -0.3 is 51.8 Å². The van der Waals surface area contributed by atoms with Crippen LogP contribution in [0.4, 0.5) is 66.7 Å². The third-order valence-electron chi connectivity index (χ3n) is 17.2. The van der Waals surface area contributed by atoms with Crippen LogP contribution in [0.3, 0.4) is 0 Å². The summed E-state index contributed by atoms with van der Waals surface area (Å²) in [7, 11) is 1.44. The topological polar surface area (TPSA) is 258 Å². The third kappa shape index (κ3) is 26.5. The summed E-state index contributed by atoms with van der Waals surface area (Å²) in [5.41, 5.74) is 6.23. The van der Waals surface area contributed by atoms with Crippen LogP contribution in [-0.2, 0) is 30.5 Å². The van der Waals surface area contributed by atoms with Crippen molar-refractivity contribution < 1.29 is 46.6 Å². The molecule has 7 aromatic rings. The zero-order valence-electron chi connectivity index (χ0n) is 57.5. The van der Waals surface area contributed by atoms with Crippen molar-refractivity contribution in [2.45, 2.75) is 90.8 Å². The Hall–Kier alpha value is -9.80. The van der Waals surface area contributed by atoms with Gasteiger partial charge in [-0.3, -0.25) is 29.5 Å². The highest BCUT2D eigenvalue weighted by molar-refractivity contribution is 6.00. The van der Waals surface area contributed by atoms with Crippen LogP contribution in [0.25, 0.3) is 0 Å². The van der Waals surface area contributed by atoms with Crippen molar-refractivity contribution in [3.05, 3.63) is 197 Å². The van der Waals surface area contributed by atoms with Crippen molar-refractivity contribution in [2.24, 2.45) is 0 Å². The predicted molar refractivity (Wildman–Crippen MR) is 384 cm³/mol. The molecule has 8 N–H and O–H groups in total. The molecule has 11 rings (SSSR count). The van der Waals surface area contributed by atoms with E-state index >= 15 is 0 Å². The van der Waals surface area contributed by atoms with Crippen LogP contribution in [0.2, 0.25) is 0 Å². The number of anilines is 5. The maximum Gasteiger partial charge on any atom is 0.416 e. The van der Waals surface area contributed by atoms with Gasteiger partial charge in [-0.1, -0.05) is 85.8 Å². The van der Waals surface area contributed by atoms with Gasteiger partial charge in [0, 0.05) is 160 Å². The number of hydrogen-bond acceptors (Lipinski definition) is 13. The highest BCUT2D eigenvalue weighted by Gasteiger charge is 2.31. The Morgan fingerprint density at radius 2 is 1.07 bits per heavy atom. The normalized spacial score (nSPS) is 15.5. The van der Waals surface area contributed by atoms with Crippen LogP contribution in [-0.4, -0.2) is 191 Å². The van der Waals surface area contributed by atoms with E-state index in [-0.39, 0.29) is 41.8 Å². The first-order valence-corrected chi connectivity index (χ1v) is 34.2. The van der Waals surface area contributed by atoms with Gasteiger partial charge in [0.15, 0.2) is 7.05 Å². The zero-order valence-corrected chi connectivity index (χ0v) is 57.5. The molecule has 9 amide bonds. The van der Waals surface area contributed by atoms with Crippen LogP contribution < -0.4 is 42.5 Å². The lowest BCUT2D eigenvalue weighted by atomic mass is 10.0. The number of piperazine rings is 1. The van der Waals surface area contributed by atoms with Crippen LogP contribution in [0.5, 0.6) is 0 Å². The van der Waals surface area contributed by atoms with Gasteiger partial charge in [0.2, 0.25) is 5.95 Å². The minimum Gasteiger partial charge on any atom is -0.378 e. The summed E-state index contributed by atoms with van der Waals surface area (Å²) < 4.78 is 45.8. The number of aromatic nitrogens is 3. The van der Waals surface area contributed by atoms with Crippen LogP contribution >= 0.6 is 0 Å². The number of nitroso groups, excluding NO2 is 1. The first-order valence-electron chi connectivity index (χ1n) is 34.2. The minimum atomic E-state index is -4.49. The van der Waals surface area contributed by atoms with Gasteiger partial charge in [0.1, 0.15) is 6.33 Å². The van der Waals surface area contributed by atoms with Gasteiger partial charge in [0.25, 0.3) is 11.6 Å². The maximum absolute atomic E-state index is 12.7. The van der Waals surface area contributed by atoms with E-state index in [1.54, 1.807) is 64.4 Å². The molecule has 24 nitrogen and oxygen atoms in total. The van der Waals surface area contributed by atoms with Crippen molar-refractivity contribution in [1.29, 1.82) is 0 Å². The number of rotatable bonds is 19. The SMILES string of the molecule is CCCN1CCC(NC(=O)Nc2ccc([N+](C)=O)cc2)CC1.CCn1cnc(NC(=O)NC2CCN(Cc3ccccc3)CC2)n1.Cc1ccccc1CN1CCN(CCNC(=O)Nc2ccccc2)CC1.O=C(Nc1ccc(C(=O)N2CCOCC2)cc1)Nc1cccc(C(F)(F)F)c1. The molecule has 4 saturated heterocycles. The molecule has 100 heavy (non-hydrogen) atoms. The number of carbonyl (C=O) groups is 5. The maximum atomic E-state index is 12.7. The number of amides is 9. The number of ether oxygens (including phenoxy) is 1. The number of carbonyl (C=O) groups excluding carboxylic acids is 5. The Labute approximate surface area is 583 Å². The number of morpholine rings is 1. The highest BCUT2D eigenvalue weighted by Crippen LogP contribution is 2.31. The van der Waals surface area contributed by atoms with Crippen molar-refractivity contribution in [2.75, 3.05) is 132 Å². The quantitative estimate of drug-likeness (QED) is 0.0351. The predicted octanol–water partition coefficient (Wildman–Crippen LogP) is 11.6. The Morgan fingerprint density at radius 3 is 1.67 bits per heavy atom. The Kier molecular flexibility index (Phi) is 30.2. The number of alkyl halides is 3. The number of likely N-dealkylation sites (tertiary alicyclic amines) is 2. The minimum absolute atomic E-state index is 0.0199. The number of urea groups is 4. The van der Waals surface area contributed by atoms with E-state index in [2.05, 4.69) is 135 Å². The van der Waals surface area contributed by atoms with Crippen molar-refractivity contribution in [1.82, 2.24) is 55.2 Å². The summed E-state index contributed by atoms with van der Waals surface area (Å²) in [6.45, 7) is 22.1. The number of benzene rings is 6. The fraction of sp³-hybridized carbons (Fsp3) is 0.411. The molecule has 0 atom stereocenters. The van der Waals surface area contributed by atoms with E-state index in [0.29, 0.717) is 61.4 Å². The van der Waals surface area contributed by atoms with Gasteiger partial charge >= 0.3 is 30.3 Å². The molecule has 0 bridgehead atoms. The summed E-state index contributed by atoms with van der Waals surface area (Å²) in [6, 6.07) is 45.2. The second-order valence-electron chi connectivity index (χ2n) is 24.7. The fourth-order valence-electron chi connectivity index (χ4n) is 11.6. The fourth-order valence-corrected chi connectivity index (χ4v) is 11.6. The van der Waals surface area contributed by atoms with E-state index in [1.165, 1.54) is 42.3 Å². The molecule has 1 aromatic heterocycles. The lowest BCUT2D eigenvalue weighted by molar-refractivity contribution is -0.428. The van der Waals surface area contributed by atoms with E-state index in [4.69, 9.17) is 4.74 Å². The molecule has 27 heteroatoms. The number of aryl methyl sites for hydroxylation is 2. The average Bonchev–Trinajstić information content (AvgIpc) is 1.07. The second-order valence-corrected chi connectivity index (χ2v) is 24.7. The lowest BCUT2D eigenvalue weighted by Crippen LogP contribution is -2.48.